The van der Waals surface area contributed by atoms with Gasteiger partial charge in [0.2, 0.25) is 15.9 Å². The first-order valence-electron chi connectivity index (χ1n) is 9.06. The Morgan fingerprint density at radius 2 is 1.93 bits per heavy atom. The molecule has 8 nitrogen and oxygen atoms in total. The monoisotopic (exact) mass is 428 g/mol. The second-order valence-corrected chi connectivity index (χ2v) is 9.05. The van der Waals surface area contributed by atoms with Crippen molar-refractivity contribution < 1.29 is 27.5 Å². The Morgan fingerprint density at radius 3 is 2.50 bits per heavy atom. The predicted molar refractivity (Wildman–Crippen MR) is 103 cm³/mol. The van der Waals surface area contributed by atoms with Gasteiger partial charge in [0, 0.05) is 19.5 Å². The summed E-state index contributed by atoms with van der Waals surface area (Å²) in [6.07, 6.45) is 0.886. The topological polar surface area (TPSA) is 101 Å². The van der Waals surface area contributed by atoms with Crippen LogP contribution in [0, 0.1) is 5.92 Å². The number of sulfonamides is 1. The molecule has 2 amide bonds. The van der Waals surface area contributed by atoms with Crippen LogP contribution in [0.4, 0.5) is 5.69 Å². The van der Waals surface area contributed by atoms with Crippen molar-refractivity contribution in [2.24, 2.45) is 5.92 Å². The Bertz CT molecular complexity index is 909. The minimum atomic E-state index is -3.73. The van der Waals surface area contributed by atoms with E-state index in [4.69, 9.17) is 16.3 Å². The minimum absolute atomic E-state index is 0.0877. The molecule has 28 heavy (non-hydrogen) atoms. The number of amides is 2. The summed E-state index contributed by atoms with van der Waals surface area (Å²) in [5.41, 5.74) is 0.236. The van der Waals surface area contributed by atoms with Gasteiger partial charge in [0.15, 0.2) is 0 Å². The van der Waals surface area contributed by atoms with Gasteiger partial charge >= 0.3 is 5.97 Å². The van der Waals surface area contributed by atoms with Crippen molar-refractivity contribution in [3.05, 3.63) is 28.8 Å². The molecule has 0 aromatic heterocycles. The zero-order valence-corrected chi connectivity index (χ0v) is 17.0. The first-order valence-corrected chi connectivity index (χ1v) is 11.0. The number of piperidine rings is 1. The number of nitrogens with zero attached hydrogens (tertiary/aromatic N) is 2. The van der Waals surface area contributed by atoms with Crippen LogP contribution in [0.3, 0.4) is 0 Å². The van der Waals surface area contributed by atoms with Crippen LogP contribution in [0.1, 0.15) is 36.5 Å². The standard InChI is InChI=1S/C18H21ClN2O6S/c1-2-27-18(24)12-5-8-20(9-6-12)17(23)14-11-13(3-4-15(14)19)21-16(22)7-10-28(21,25)26/h3-4,11-12H,2,5-10H2,1H3. The predicted octanol–water partition coefficient (Wildman–Crippen LogP) is 1.82. The first kappa shape index (κ1) is 20.6. The van der Waals surface area contributed by atoms with Gasteiger partial charge in [-0.15, -0.1) is 0 Å². The fraction of sp³-hybridized carbons (Fsp3) is 0.500. The minimum Gasteiger partial charge on any atom is -0.466 e. The fourth-order valence-electron chi connectivity index (χ4n) is 3.42. The fourth-order valence-corrected chi connectivity index (χ4v) is 5.07. The summed E-state index contributed by atoms with van der Waals surface area (Å²) in [4.78, 5) is 38.3. The average Bonchev–Trinajstić information content (AvgIpc) is 2.95. The number of carbonyl (C=O) groups excluding carboxylic acids is 3. The van der Waals surface area contributed by atoms with E-state index in [2.05, 4.69) is 0 Å². The van der Waals surface area contributed by atoms with Crippen molar-refractivity contribution in [2.45, 2.75) is 26.2 Å². The molecule has 2 fully saturated rings. The summed E-state index contributed by atoms with van der Waals surface area (Å²) in [5, 5.41) is 0.172. The van der Waals surface area contributed by atoms with Crippen LogP contribution in [0.25, 0.3) is 0 Å². The molecule has 0 saturated carbocycles. The molecule has 0 radical (unpaired) electrons. The quantitative estimate of drug-likeness (QED) is 0.678. The van der Waals surface area contributed by atoms with Crippen LogP contribution in [-0.4, -0.2) is 56.6 Å². The molecule has 2 aliphatic heterocycles. The molecule has 0 atom stereocenters. The van der Waals surface area contributed by atoms with Gasteiger partial charge in [-0.3, -0.25) is 14.4 Å². The highest BCUT2D eigenvalue weighted by atomic mass is 35.5. The van der Waals surface area contributed by atoms with E-state index in [1.54, 1.807) is 11.8 Å². The van der Waals surface area contributed by atoms with E-state index in [0.717, 1.165) is 4.31 Å². The first-order chi connectivity index (χ1) is 13.2. The molecule has 0 aliphatic carbocycles. The number of likely N-dealkylation sites (tertiary alicyclic amines) is 1. The number of hydrogen-bond donors (Lipinski definition) is 0. The van der Waals surface area contributed by atoms with Crippen molar-refractivity contribution in [3.8, 4) is 0 Å². The van der Waals surface area contributed by atoms with Crippen molar-refractivity contribution in [2.75, 3.05) is 29.8 Å². The number of carbonyl (C=O) groups is 3. The van der Waals surface area contributed by atoms with Crippen LogP contribution in [0.15, 0.2) is 18.2 Å². The van der Waals surface area contributed by atoms with Crippen LogP contribution in [0.2, 0.25) is 5.02 Å². The summed E-state index contributed by atoms with van der Waals surface area (Å²) in [6, 6.07) is 4.16. The Kier molecular flexibility index (Phi) is 5.95. The summed E-state index contributed by atoms with van der Waals surface area (Å²) in [7, 11) is -3.73. The van der Waals surface area contributed by atoms with Gasteiger partial charge in [0.1, 0.15) is 0 Å². The largest absolute Gasteiger partial charge is 0.466 e. The molecule has 0 spiro atoms. The molecule has 2 heterocycles. The maximum atomic E-state index is 12.9. The second kappa shape index (κ2) is 8.08. The lowest BCUT2D eigenvalue weighted by Gasteiger charge is -2.31. The van der Waals surface area contributed by atoms with Gasteiger partial charge in [-0.1, -0.05) is 11.6 Å². The van der Waals surface area contributed by atoms with E-state index in [1.807, 2.05) is 0 Å². The molecule has 2 aliphatic rings. The smallest absolute Gasteiger partial charge is 0.309 e. The highest BCUT2D eigenvalue weighted by Crippen LogP contribution is 2.30. The molecule has 3 rings (SSSR count). The number of halogens is 1. The highest BCUT2D eigenvalue weighted by molar-refractivity contribution is 7.94. The van der Waals surface area contributed by atoms with Crippen LogP contribution >= 0.6 is 11.6 Å². The van der Waals surface area contributed by atoms with Gasteiger partial charge in [0.25, 0.3) is 5.91 Å². The van der Waals surface area contributed by atoms with Gasteiger partial charge in [-0.05, 0) is 38.0 Å². The Hall–Kier alpha value is -2.13. The molecule has 0 N–H and O–H groups in total. The van der Waals surface area contributed by atoms with Crippen molar-refractivity contribution >= 4 is 45.1 Å². The van der Waals surface area contributed by atoms with Crippen LogP contribution < -0.4 is 4.31 Å². The normalized spacial score (nSPS) is 19.7. The average molecular weight is 429 g/mol. The van der Waals surface area contributed by atoms with E-state index in [9.17, 15) is 22.8 Å². The van der Waals surface area contributed by atoms with Crippen LogP contribution in [0.5, 0.6) is 0 Å². The molecule has 1 aromatic rings. The lowest BCUT2D eigenvalue weighted by atomic mass is 9.96. The van der Waals surface area contributed by atoms with Crippen molar-refractivity contribution in [1.29, 1.82) is 0 Å². The molecular weight excluding hydrogens is 408 g/mol. The summed E-state index contributed by atoms with van der Waals surface area (Å²) in [6.45, 7) is 2.79. The maximum absolute atomic E-state index is 12.9. The molecule has 2 saturated heterocycles. The molecular formula is C18H21ClN2O6S. The second-order valence-electron chi connectivity index (χ2n) is 6.71. The third kappa shape index (κ3) is 4.00. The van der Waals surface area contributed by atoms with Crippen molar-refractivity contribution in [3.63, 3.8) is 0 Å². The summed E-state index contributed by atoms with van der Waals surface area (Å²) in [5.74, 6) is -1.64. The number of benzene rings is 1. The number of rotatable bonds is 4. The third-order valence-corrected chi connectivity index (χ3v) is 6.92. The molecule has 0 bridgehead atoms. The van der Waals surface area contributed by atoms with Crippen molar-refractivity contribution in [1.82, 2.24) is 4.90 Å². The van der Waals surface area contributed by atoms with E-state index in [1.165, 1.54) is 18.2 Å². The maximum Gasteiger partial charge on any atom is 0.309 e. The molecule has 0 unspecified atom stereocenters. The van der Waals surface area contributed by atoms with Gasteiger partial charge < -0.3 is 9.64 Å². The number of ether oxygens (including phenoxy) is 1. The highest BCUT2D eigenvalue weighted by Gasteiger charge is 2.37. The van der Waals surface area contributed by atoms with Gasteiger partial charge in [0.05, 0.1) is 34.6 Å². The zero-order chi connectivity index (χ0) is 20.5. The lowest BCUT2D eigenvalue weighted by Crippen LogP contribution is -2.40. The van der Waals surface area contributed by atoms with E-state index >= 15 is 0 Å². The summed E-state index contributed by atoms with van der Waals surface area (Å²) >= 11 is 6.17. The number of esters is 1. The Morgan fingerprint density at radius 1 is 1.25 bits per heavy atom. The van der Waals surface area contributed by atoms with Gasteiger partial charge in [-0.25, -0.2) is 12.7 Å². The van der Waals surface area contributed by atoms with Gasteiger partial charge in [-0.2, -0.15) is 0 Å². The van der Waals surface area contributed by atoms with Crippen LogP contribution in [-0.2, 0) is 24.3 Å². The number of anilines is 1. The summed E-state index contributed by atoms with van der Waals surface area (Å²) < 4.78 is 30.0. The van der Waals surface area contributed by atoms with E-state index < -0.39 is 15.9 Å². The molecule has 152 valence electrons. The van der Waals surface area contributed by atoms with E-state index in [0.29, 0.717) is 32.5 Å². The number of hydrogen-bond acceptors (Lipinski definition) is 6. The Labute approximate surface area is 168 Å². The molecule has 10 heteroatoms. The SMILES string of the molecule is CCOC(=O)C1CCN(C(=O)c2cc(N3C(=O)CCS3(=O)=O)ccc2Cl)CC1. The Balaban J connectivity index is 1.78. The third-order valence-electron chi connectivity index (χ3n) is 4.90. The lowest BCUT2D eigenvalue weighted by molar-refractivity contribution is -0.149. The molecule has 1 aromatic carbocycles. The zero-order valence-electron chi connectivity index (χ0n) is 15.4. The van der Waals surface area contributed by atoms with E-state index in [-0.39, 0.29) is 46.2 Å².